The lowest BCUT2D eigenvalue weighted by Crippen LogP contribution is -2.31. The quantitative estimate of drug-likeness (QED) is 0.835. The molecule has 0 saturated heterocycles. The SMILES string of the molecule is CN(C)C1C[C@@H]2CC(N(C)Cc3cnn(-c4ccccc4)c3)C[C@@H]2C1. The van der Waals surface area contributed by atoms with E-state index in [1.54, 1.807) is 0 Å². The van der Waals surface area contributed by atoms with E-state index in [9.17, 15) is 0 Å². The van der Waals surface area contributed by atoms with Gasteiger partial charge in [-0.25, -0.2) is 4.68 Å². The summed E-state index contributed by atoms with van der Waals surface area (Å²) in [5.74, 6) is 1.87. The van der Waals surface area contributed by atoms with Crippen molar-refractivity contribution in [3.05, 3.63) is 48.3 Å². The van der Waals surface area contributed by atoms with Crippen LogP contribution in [0.25, 0.3) is 5.69 Å². The highest BCUT2D eigenvalue weighted by atomic mass is 15.3. The molecule has 134 valence electrons. The smallest absolute Gasteiger partial charge is 0.0645 e. The second-order valence-electron chi connectivity index (χ2n) is 8.28. The van der Waals surface area contributed by atoms with E-state index in [1.165, 1.54) is 31.2 Å². The van der Waals surface area contributed by atoms with Crippen molar-refractivity contribution >= 4 is 0 Å². The fourth-order valence-electron chi connectivity index (χ4n) is 4.91. The zero-order valence-corrected chi connectivity index (χ0v) is 15.7. The predicted octanol–water partition coefficient (Wildman–Crippen LogP) is 3.42. The van der Waals surface area contributed by atoms with Crippen molar-refractivity contribution in [2.75, 3.05) is 21.1 Å². The zero-order chi connectivity index (χ0) is 17.4. The van der Waals surface area contributed by atoms with Gasteiger partial charge in [-0.05, 0) is 70.8 Å². The molecule has 2 unspecified atom stereocenters. The maximum absolute atomic E-state index is 4.54. The molecule has 4 nitrogen and oxygen atoms in total. The highest BCUT2D eigenvalue weighted by Crippen LogP contribution is 2.46. The lowest BCUT2D eigenvalue weighted by atomic mass is 10.0. The van der Waals surface area contributed by atoms with Gasteiger partial charge in [-0.1, -0.05) is 18.2 Å². The fourth-order valence-corrected chi connectivity index (χ4v) is 4.91. The van der Waals surface area contributed by atoms with E-state index in [-0.39, 0.29) is 0 Å². The zero-order valence-electron chi connectivity index (χ0n) is 15.7. The molecule has 1 heterocycles. The number of aromatic nitrogens is 2. The van der Waals surface area contributed by atoms with Crippen molar-refractivity contribution in [3.8, 4) is 5.69 Å². The standard InChI is InChI=1S/C21H30N4/c1-23(2)20-9-17-11-21(12-18(17)10-20)24(3)14-16-13-22-25(15-16)19-7-5-4-6-8-19/h4-8,13,15,17-18,20-21H,9-12,14H2,1-3H3/t17-,18+,20?,21?. The maximum Gasteiger partial charge on any atom is 0.0645 e. The third-order valence-corrected chi connectivity index (χ3v) is 6.41. The van der Waals surface area contributed by atoms with E-state index in [4.69, 9.17) is 0 Å². The molecule has 0 radical (unpaired) electrons. The van der Waals surface area contributed by atoms with E-state index >= 15 is 0 Å². The molecule has 0 bridgehead atoms. The lowest BCUT2D eigenvalue weighted by Gasteiger charge is -2.26. The molecule has 0 spiro atoms. The van der Waals surface area contributed by atoms with Crippen LogP contribution in [-0.4, -0.2) is 52.8 Å². The Morgan fingerprint density at radius 3 is 2.24 bits per heavy atom. The van der Waals surface area contributed by atoms with Crippen LogP contribution in [0, 0.1) is 11.8 Å². The summed E-state index contributed by atoms with van der Waals surface area (Å²) in [6, 6.07) is 11.9. The minimum Gasteiger partial charge on any atom is -0.306 e. The van der Waals surface area contributed by atoms with Gasteiger partial charge in [0.1, 0.15) is 0 Å². The topological polar surface area (TPSA) is 24.3 Å². The van der Waals surface area contributed by atoms with Crippen LogP contribution >= 0.6 is 0 Å². The Hall–Kier alpha value is -1.65. The third kappa shape index (κ3) is 3.51. The molecule has 4 heteroatoms. The summed E-state index contributed by atoms with van der Waals surface area (Å²) in [5, 5.41) is 4.54. The molecule has 0 N–H and O–H groups in total. The number of fused-ring (bicyclic) bond motifs is 1. The van der Waals surface area contributed by atoms with Crippen LogP contribution in [0.15, 0.2) is 42.7 Å². The third-order valence-electron chi connectivity index (χ3n) is 6.41. The van der Waals surface area contributed by atoms with E-state index in [2.05, 4.69) is 66.5 Å². The van der Waals surface area contributed by atoms with Gasteiger partial charge in [-0.15, -0.1) is 0 Å². The van der Waals surface area contributed by atoms with Crippen LogP contribution in [0.2, 0.25) is 0 Å². The second-order valence-corrected chi connectivity index (χ2v) is 8.28. The molecule has 0 amide bonds. The molecule has 25 heavy (non-hydrogen) atoms. The molecule has 2 aromatic rings. The monoisotopic (exact) mass is 338 g/mol. The van der Waals surface area contributed by atoms with Gasteiger partial charge in [0, 0.05) is 30.4 Å². The first-order valence-electron chi connectivity index (χ1n) is 9.56. The summed E-state index contributed by atoms with van der Waals surface area (Å²) in [7, 11) is 6.76. The number of hydrogen-bond donors (Lipinski definition) is 0. The summed E-state index contributed by atoms with van der Waals surface area (Å²) in [5.41, 5.74) is 2.43. The Kier molecular flexibility index (Phi) is 4.65. The number of rotatable bonds is 5. The van der Waals surface area contributed by atoms with Crippen molar-refractivity contribution < 1.29 is 0 Å². The van der Waals surface area contributed by atoms with Crippen molar-refractivity contribution in [1.29, 1.82) is 0 Å². The first kappa shape index (κ1) is 16.8. The largest absolute Gasteiger partial charge is 0.306 e. The van der Waals surface area contributed by atoms with Crippen molar-refractivity contribution in [1.82, 2.24) is 19.6 Å². The normalized spacial score (nSPS) is 28.8. The van der Waals surface area contributed by atoms with Crippen molar-refractivity contribution in [2.45, 2.75) is 44.3 Å². The fraction of sp³-hybridized carbons (Fsp3) is 0.571. The molecule has 2 aliphatic carbocycles. The minimum atomic E-state index is 0.734. The molecule has 4 atom stereocenters. The molecule has 2 aliphatic rings. The highest BCUT2D eigenvalue weighted by Gasteiger charge is 2.43. The predicted molar refractivity (Wildman–Crippen MR) is 102 cm³/mol. The average Bonchev–Trinajstić information content (AvgIpc) is 3.29. The molecule has 4 rings (SSSR count). The van der Waals surface area contributed by atoms with Gasteiger partial charge in [0.25, 0.3) is 0 Å². The summed E-state index contributed by atoms with van der Waals surface area (Å²) in [4.78, 5) is 4.98. The van der Waals surface area contributed by atoms with Crippen LogP contribution in [-0.2, 0) is 6.54 Å². The van der Waals surface area contributed by atoms with Gasteiger partial charge in [-0.2, -0.15) is 5.10 Å². The second kappa shape index (κ2) is 6.93. The number of hydrogen-bond acceptors (Lipinski definition) is 3. The Morgan fingerprint density at radius 2 is 1.60 bits per heavy atom. The number of nitrogens with zero attached hydrogens (tertiary/aromatic N) is 4. The molecule has 1 aromatic carbocycles. The van der Waals surface area contributed by atoms with Crippen molar-refractivity contribution in [3.63, 3.8) is 0 Å². The van der Waals surface area contributed by atoms with Gasteiger partial charge in [0.15, 0.2) is 0 Å². The van der Waals surface area contributed by atoms with Crippen molar-refractivity contribution in [2.24, 2.45) is 11.8 Å². The summed E-state index contributed by atoms with van der Waals surface area (Å²) >= 11 is 0. The molecule has 2 saturated carbocycles. The van der Waals surface area contributed by atoms with Gasteiger partial charge < -0.3 is 4.90 Å². The first-order chi connectivity index (χ1) is 12.1. The van der Waals surface area contributed by atoms with Gasteiger partial charge in [-0.3, -0.25) is 4.90 Å². The molecule has 2 fully saturated rings. The summed E-state index contributed by atoms with van der Waals surface area (Å²) < 4.78 is 1.98. The van der Waals surface area contributed by atoms with Gasteiger partial charge in [0.05, 0.1) is 11.9 Å². The average molecular weight is 338 g/mol. The van der Waals surface area contributed by atoms with Crippen LogP contribution in [0.5, 0.6) is 0 Å². The molecule has 0 aliphatic heterocycles. The molecular formula is C21H30N4. The Bertz CT molecular complexity index is 679. The van der Waals surface area contributed by atoms with Gasteiger partial charge in [0.2, 0.25) is 0 Å². The van der Waals surface area contributed by atoms with Crippen LogP contribution in [0.4, 0.5) is 0 Å². The highest BCUT2D eigenvalue weighted by molar-refractivity contribution is 5.30. The molecule has 1 aromatic heterocycles. The number of para-hydroxylation sites is 1. The first-order valence-corrected chi connectivity index (χ1v) is 9.56. The van der Waals surface area contributed by atoms with Crippen LogP contribution in [0.3, 0.4) is 0 Å². The molecular weight excluding hydrogens is 308 g/mol. The van der Waals surface area contributed by atoms with E-state index < -0.39 is 0 Å². The van der Waals surface area contributed by atoms with E-state index in [0.717, 1.165) is 36.2 Å². The number of benzene rings is 1. The van der Waals surface area contributed by atoms with Gasteiger partial charge >= 0.3 is 0 Å². The van der Waals surface area contributed by atoms with Crippen LogP contribution in [0.1, 0.15) is 31.2 Å². The Balaban J connectivity index is 1.35. The summed E-state index contributed by atoms with van der Waals surface area (Å²) in [6.45, 7) is 0.994. The Morgan fingerprint density at radius 1 is 0.960 bits per heavy atom. The summed E-state index contributed by atoms with van der Waals surface area (Å²) in [6.07, 6.45) is 9.73. The van der Waals surface area contributed by atoms with E-state index in [0.29, 0.717) is 0 Å². The van der Waals surface area contributed by atoms with E-state index in [1.807, 2.05) is 16.9 Å². The maximum atomic E-state index is 4.54. The Labute approximate surface area is 151 Å². The minimum absolute atomic E-state index is 0.734. The van der Waals surface area contributed by atoms with Crippen LogP contribution < -0.4 is 0 Å². The lowest BCUT2D eigenvalue weighted by molar-refractivity contribution is 0.212.